The smallest absolute Gasteiger partial charge is 0.447 e. The summed E-state index contributed by atoms with van der Waals surface area (Å²) in [5, 5.41) is 21.5. The summed E-state index contributed by atoms with van der Waals surface area (Å²) in [7, 11) is -1.58. The monoisotopic (exact) mass is 178 g/mol. The van der Waals surface area contributed by atoms with Gasteiger partial charge in [0.1, 0.15) is 5.66 Å². The summed E-state index contributed by atoms with van der Waals surface area (Å²) in [6.07, 6.45) is 3.31. The third kappa shape index (κ3) is 1.49. The molecule has 0 aliphatic rings. The van der Waals surface area contributed by atoms with E-state index in [2.05, 4.69) is 5.10 Å². The fourth-order valence-electron chi connectivity index (χ4n) is 1.00. The zero-order valence-corrected chi connectivity index (χ0v) is 6.66. The van der Waals surface area contributed by atoms with E-state index in [4.69, 9.17) is 14.5 Å². The normalized spacial score (nSPS) is 10.3. The molecule has 5 nitrogen and oxygen atoms in total. The first-order valence-electron chi connectivity index (χ1n) is 3.73. The molecule has 0 radical (unpaired) electrons. The Hall–Kier alpha value is -1.53. The standard InChI is InChI=1S/C7H7BN2O3/c11-8(12)6-2-3-7(13-6)10-5-1-4-9-10/h1-5,11-12H. The number of furan rings is 1. The number of hydrogen-bond acceptors (Lipinski definition) is 4. The molecule has 2 rings (SSSR count). The van der Waals surface area contributed by atoms with Crippen LogP contribution in [0, 0.1) is 0 Å². The molecule has 0 spiro atoms. The van der Waals surface area contributed by atoms with Crippen molar-refractivity contribution in [2.75, 3.05) is 0 Å². The van der Waals surface area contributed by atoms with Crippen LogP contribution in [0.25, 0.3) is 5.88 Å². The van der Waals surface area contributed by atoms with Gasteiger partial charge in [-0.05, 0) is 12.1 Å². The quantitative estimate of drug-likeness (QED) is 0.587. The maximum Gasteiger partial charge on any atom is 0.526 e. The van der Waals surface area contributed by atoms with Crippen molar-refractivity contribution in [3.63, 3.8) is 0 Å². The minimum Gasteiger partial charge on any atom is -0.447 e. The minimum atomic E-state index is -1.58. The Balaban J connectivity index is 2.33. The van der Waals surface area contributed by atoms with Gasteiger partial charge < -0.3 is 14.5 Å². The Kier molecular flexibility index (Phi) is 1.92. The molecule has 0 atom stereocenters. The molecule has 0 fully saturated rings. The molecular formula is C7H7BN2O3. The largest absolute Gasteiger partial charge is 0.526 e. The van der Waals surface area contributed by atoms with E-state index in [0.717, 1.165) is 0 Å². The van der Waals surface area contributed by atoms with Crippen molar-refractivity contribution in [3.05, 3.63) is 30.6 Å². The van der Waals surface area contributed by atoms with Gasteiger partial charge in [-0.15, -0.1) is 0 Å². The van der Waals surface area contributed by atoms with Crippen molar-refractivity contribution in [2.45, 2.75) is 0 Å². The topological polar surface area (TPSA) is 71.4 Å². The van der Waals surface area contributed by atoms with Gasteiger partial charge in [-0.25, -0.2) is 4.68 Å². The second kappa shape index (κ2) is 3.08. The number of nitrogens with zero attached hydrogens (tertiary/aromatic N) is 2. The summed E-state index contributed by atoms with van der Waals surface area (Å²) in [4.78, 5) is 0. The molecule has 0 aliphatic heterocycles. The van der Waals surface area contributed by atoms with Gasteiger partial charge >= 0.3 is 7.12 Å². The highest BCUT2D eigenvalue weighted by molar-refractivity contribution is 6.57. The van der Waals surface area contributed by atoms with Crippen LogP contribution in [0.1, 0.15) is 0 Å². The van der Waals surface area contributed by atoms with Gasteiger partial charge in [0.25, 0.3) is 0 Å². The molecule has 0 unspecified atom stereocenters. The first-order valence-corrected chi connectivity index (χ1v) is 3.73. The van der Waals surface area contributed by atoms with E-state index in [1.54, 1.807) is 24.5 Å². The van der Waals surface area contributed by atoms with Crippen LogP contribution in [0.3, 0.4) is 0 Å². The average Bonchev–Trinajstić information content (AvgIpc) is 2.75. The van der Waals surface area contributed by atoms with E-state index in [1.807, 2.05) is 0 Å². The zero-order chi connectivity index (χ0) is 9.26. The number of hydrogen-bond donors (Lipinski definition) is 2. The summed E-state index contributed by atoms with van der Waals surface area (Å²) < 4.78 is 6.58. The fraction of sp³-hybridized carbons (Fsp3) is 0. The van der Waals surface area contributed by atoms with Crippen molar-refractivity contribution >= 4 is 12.8 Å². The fourth-order valence-corrected chi connectivity index (χ4v) is 1.00. The Morgan fingerprint density at radius 1 is 1.38 bits per heavy atom. The van der Waals surface area contributed by atoms with Crippen LogP contribution in [-0.4, -0.2) is 26.9 Å². The average molecular weight is 178 g/mol. The molecule has 66 valence electrons. The molecule has 2 heterocycles. The van der Waals surface area contributed by atoms with Crippen LogP contribution in [0.4, 0.5) is 0 Å². The summed E-state index contributed by atoms with van der Waals surface area (Å²) in [6, 6.07) is 4.85. The van der Waals surface area contributed by atoms with Crippen molar-refractivity contribution in [1.29, 1.82) is 0 Å². The molecule has 2 N–H and O–H groups in total. The van der Waals surface area contributed by atoms with Gasteiger partial charge in [0, 0.05) is 18.5 Å². The highest BCUT2D eigenvalue weighted by atomic mass is 16.4. The third-order valence-electron chi connectivity index (χ3n) is 1.60. The SMILES string of the molecule is OB(O)c1ccc(-n2cccn2)o1. The van der Waals surface area contributed by atoms with Gasteiger partial charge in [0.2, 0.25) is 5.88 Å². The Labute approximate surface area is 74.4 Å². The Morgan fingerprint density at radius 2 is 2.23 bits per heavy atom. The molecule has 0 aliphatic carbocycles. The second-order valence-electron chi connectivity index (χ2n) is 2.50. The lowest BCUT2D eigenvalue weighted by molar-refractivity contribution is 0.407. The van der Waals surface area contributed by atoms with Crippen LogP contribution in [-0.2, 0) is 0 Å². The van der Waals surface area contributed by atoms with Crippen molar-refractivity contribution in [3.8, 4) is 5.88 Å². The van der Waals surface area contributed by atoms with Crippen molar-refractivity contribution in [1.82, 2.24) is 9.78 Å². The Morgan fingerprint density at radius 3 is 2.77 bits per heavy atom. The Bertz CT molecular complexity index is 382. The van der Waals surface area contributed by atoms with E-state index in [9.17, 15) is 0 Å². The van der Waals surface area contributed by atoms with Gasteiger partial charge in [-0.1, -0.05) is 0 Å². The van der Waals surface area contributed by atoms with Gasteiger partial charge in [0.15, 0.2) is 0 Å². The van der Waals surface area contributed by atoms with Gasteiger partial charge in [-0.3, -0.25) is 0 Å². The van der Waals surface area contributed by atoms with Gasteiger partial charge in [-0.2, -0.15) is 5.10 Å². The van der Waals surface area contributed by atoms with Crippen molar-refractivity contribution in [2.24, 2.45) is 0 Å². The predicted molar refractivity (Wildman–Crippen MR) is 45.7 cm³/mol. The molecule has 0 bridgehead atoms. The van der Waals surface area contributed by atoms with E-state index in [0.29, 0.717) is 5.88 Å². The van der Waals surface area contributed by atoms with E-state index in [1.165, 1.54) is 10.7 Å². The van der Waals surface area contributed by atoms with Crippen LogP contribution in [0.15, 0.2) is 35.0 Å². The third-order valence-corrected chi connectivity index (χ3v) is 1.60. The molecular weight excluding hydrogens is 171 g/mol. The molecule has 0 saturated carbocycles. The van der Waals surface area contributed by atoms with E-state index < -0.39 is 7.12 Å². The molecule has 6 heteroatoms. The van der Waals surface area contributed by atoms with E-state index >= 15 is 0 Å². The maximum atomic E-state index is 8.77. The van der Waals surface area contributed by atoms with Crippen LogP contribution in [0.2, 0.25) is 0 Å². The first kappa shape index (κ1) is 8.09. The zero-order valence-electron chi connectivity index (χ0n) is 6.66. The van der Waals surface area contributed by atoms with Crippen molar-refractivity contribution < 1.29 is 14.5 Å². The molecule has 2 aromatic rings. The molecule has 0 amide bonds. The van der Waals surface area contributed by atoms with Crippen LogP contribution in [0.5, 0.6) is 0 Å². The van der Waals surface area contributed by atoms with Gasteiger partial charge in [0.05, 0.1) is 0 Å². The number of aromatic nitrogens is 2. The van der Waals surface area contributed by atoms with E-state index in [-0.39, 0.29) is 5.66 Å². The highest BCUT2D eigenvalue weighted by Gasteiger charge is 2.16. The summed E-state index contributed by atoms with van der Waals surface area (Å²) in [5.41, 5.74) is 0.102. The minimum absolute atomic E-state index is 0.102. The highest BCUT2D eigenvalue weighted by Crippen LogP contribution is 2.04. The number of rotatable bonds is 2. The van der Waals surface area contributed by atoms with Crippen LogP contribution >= 0.6 is 0 Å². The molecule has 2 aromatic heterocycles. The first-order chi connectivity index (χ1) is 6.27. The summed E-state index contributed by atoms with van der Waals surface area (Å²) in [6.45, 7) is 0. The lowest BCUT2D eigenvalue weighted by Crippen LogP contribution is -2.28. The molecule has 0 aromatic carbocycles. The lowest BCUT2D eigenvalue weighted by atomic mass is 9.88. The molecule has 0 saturated heterocycles. The van der Waals surface area contributed by atoms with Crippen LogP contribution < -0.4 is 5.66 Å². The summed E-state index contributed by atoms with van der Waals surface area (Å²) in [5.74, 6) is 0.452. The lowest BCUT2D eigenvalue weighted by Gasteiger charge is -1.94. The predicted octanol–water partition coefficient (Wildman–Crippen LogP) is -0.855. The second-order valence-corrected chi connectivity index (χ2v) is 2.50. The summed E-state index contributed by atoms with van der Waals surface area (Å²) >= 11 is 0. The molecule has 13 heavy (non-hydrogen) atoms. The maximum absolute atomic E-state index is 8.77.